The highest BCUT2D eigenvalue weighted by atomic mass is 14.9. The average Bonchev–Trinajstić information content (AvgIpc) is 2.46. The number of allylic oxidation sites excluding steroid dienone is 1. The number of nitrogens with one attached hydrogen (secondary N) is 1. The number of hydrogen-bond acceptors (Lipinski definition) is 2. The van der Waals surface area contributed by atoms with Gasteiger partial charge in [-0.3, -0.25) is 4.98 Å². The molecule has 1 heterocycles. The van der Waals surface area contributed by atoms with Crippen LogP contribution in [0.15, 0.2) is 48.7 Å². The minimum absolute atomic E-state index is 0.399. The summed E-state index contributed by atoms with van der Waals surface area (Å²) < 4.78 is 0. The predicted molar refractivity (Wildman–Crippen MR) is 86.8 cm³/mol. The molecule has 0 fully saturated rings. The van der Waals surface area contributed by atoms with Crippen LogP contribution in [-0.2, 0) is 0 Å². The van der Waals surface area contributed by atoms with Gasteiger partial charge in [-0.2, -0.15) is 0 Å². The maximum absolute atomic E-state index is 4.38. The Balaban J connectivity index is 2.21. The minimum atomic E-state index is 0.399. The third-order valence-corrected chi connectivity index (χ3v) is 3.53. The molecule has 0 bridgehead atoms. The van der Waals surface area contributed by atoms with Crippen LogP contribution in [0.2, 0.25) is 0 Å². The van der Waals surface area contributed by atoms with Gasteiger partial charge in [0.2, 0.25) is 0 Å². The molecular formula is C18H24N2. The molecule has 1 aromatic carbocycles. The van der Waals surface area contributed by atoms with Crippen molar-refractivity contribution in [1.82, 2.24) is 10.3 Å². The first kappa shape index (κ1) is 14.7. The van der Waals surface area contributed by atoms with Gasteiger partial charge in [-0.05, 0) is 56.5 Å². The summed E-state index contributed by atoms with van der Waals surface area (Å²) in [6.45, 7) is 9.36. The second-order valence-corrected chi connectivity index (χ2v) is 5.46. The van der Waals surface area contributed by atoms with Crippen molar-refractivity contribution in [2.75, 3.05) is 6.54 Å². The molecule has 0 radical (unpaired) electrons. The highest BCUT2D eigenvalue weighted by Gasteiger charge is 2.11. The minimum Gasteiger partial charge on any atom is -0.310 e. The Kier molecular flexibility index (Phi) is 5.31. The highest BCUT2D eigenvalue weighted by molar-refractivity contribution is 5.79. The molecule has 0 aliphatic rings. The van der Waals surface area contributed by atoms with E-state index < -0.39 is 0 Å². The normalized spacial score (nSPS) is 12.5. The first-order chi connectivity index (χ1) is 9.70. The largest absolute Gasteiger partial charge is 0.310 e. The molecule has 1 aromatic heterocycles. The lowest BCUT2D eigenvalue weighted by Crippen LogP contribution is -2.22. The summed E-state index contributed by atoms with van der Waals surface area (Å²) >= 11 is 0. The zero-order chi connectivity index (χ0) is 14.4. The Morgan fingerprint density at radius 1 is 1.35 bits per heavy atom. The van der Waals surface area contributed by atoms with Crippen LogP contribution in [0, 0.1) is 0 Å². The maximum atomic E-state index is 4.38. The lowest BCUT2D eigenvalue weighted by molar-refractivity contribution is 0.499. The topological polar surface area (TPSA) is 24.9 Å². The van der Waals surface area contributed by atoms with Gasteiger partial charge >= 0.3 is 0 Å². The SMILES string of the molecule is C=C(C)CCC(NCCC)c1ccc2ncccc2c1. The monoisotopic (exact) mass is 268 g/mol. The summed E-state index contributed by atoms with van der Waals surface area (Å²) in [5.74, 6) is 0. The smallest absolute Gasteiger partial charge is 0.0702 e. The number of aromatic nitrogens is 1. The lowest BCUT2D eigenvalue weighted by Gasteiger charge is -2.19. The molecule has 0 aliphatic heterocycles. The van der Waals surface area contributed by atoms with Crippen LogP contribution in [0.5, 0.6) is 0 Å². The van der Waals surface area contributed by atoms with Gasteiger partial charge in [0.1, 0.15) is 0 Å². The van der Waals surface area contributed by atoms with Crippen molar-refractivity contribution in [2.45, 2.75) is 39.2 Å². The second-order valence-electron chi connectivity index (χ2n) is 5.46. The van der Waals surface area contributed by atoms with Crippen LogP contribution in [0.1, 0.15) is 44.7 Å². The van der Waals surface area contributed by atoms with Gasteiger partial charge in [-0.25, -0.2) is 0 Å². The fraction of sp³-hybridized carbons (Fsp3) is 0.389. The number of pyridine rings is 1. The summed E-state index contributed by atoms with van der Waals surface area (Å²) in [4.78, 5) is 4.38. The zero-order valence-corrected chi connectivity index (χ0v) is 12.5. The van der Waals surface area contributed by atoms with Crippen LogP contribution in [0.4, 0.5) is 0 Å². The second kappa shape index (κ2) is 7.20. The van der Waals surface area contributed by atoms with Crippen molar-refractivity contribution in [3.8, 4) is 0 Å². The summed E-state index contributed by atoms with van der Waals surface area (Å²) in [5, 5.41) is 4.86. The number of hydrogen-bond donors (Lipinski definition) is 1. The van der Waals surface area contributed by atoms with Gasteiger partial charge in [0.05, 0.1) is 5.52 Å². The van der Waals surface area contributed by atoms with E-state index in [9.17, 15) is 0 Å². The van der Waals surface area contributed by atoms with E-state index in [-0.39, 0.29) is 0 Å². The Hall–Kier alpha value is -1.67. The van der Waals surface area contributed by atoms with Gasteiger partial charge in [-0.15, -0.1) is 6.58 Å². The highest BCUT2D eigenvalue weighted by Crippen LogP contribution is 2.23. The third kappa shape index (κ3) is 3.91. The Morgan fingerprint density at radius 2 is 2.20 bits per heavy atom. The summed E-state index contributed by atoms with van der Waals surface area (Å²) in [6, 6.07) is 11.1. The maximum Gasteiger partial charge on any atom is 0.0702 e. The molecule has 1 unspecified atom stereocenters. The van der Waals surface area contributed by atoms with Crippen LogP contribution < -0.4 is 5.32 Å². The van der Waals surface area contributed by atoms with Crippen molar-refractivity contribution in [3.05, 3.63) is 54.2 Å². The van der Waals surface area contributed by atoms with Gasteiger partial charge in [-0.1, -0.05) is 24.6 Å². The Morgan fingerprint density at radius 3 is 2.95 bits per heavy atom. The average molecular weight is 268 g/mol. The van der Waals surface area contributed by atoms with E-state index in [4.69, 9.17) is 0 Å². The van der Waals surface area contributed by atoms with Crippen molar-refractivity contribution in [3.63, 3.8) is 0 Å². The van der Waals surface area contributed by atoms with E-state index in [1.54, 1.807) is 0 Å². The molecule has 2 aromatic rings. The molecule has 106 valence electrons. The van der Waals surface area contributed by atoms with Crippen molar-refractivity contribution < 1.29 is 0 Å². The number of benzene rings is 1. The molecule has 1 N–H and O–H groups in total. The van der Waals surface area contributed by atoms with E-state index in [0.717, 1.165) is 31.3 Å². The molecule has 0 saturated carbocycles. The molecule has 0 spiro atoms. The van der Waals surface area contributed by atoms with Crippen LogP contribution in [0.3, 0.4) is 0 Å². The van der Waals surface area contributed by atoms with E-state index in [0.29, 0.717) is 6.04 Å². The number of fused-ring (bicyclic) bond motifs is 1. The Bertz CT molecular complexity index is 574. The molecular weight excluding hydrogens is 244 g/mol. The summed E-state index contributed by atoms with van der Waals surface area (Å²) in [5.41, 5.74) is 3.65. The molecule has 0 saturated heterocycles. The van der Waals surface area contributed by atoms with Crippen LogP contribution >= 0.6 is 0 Å². The van der Waals surface area contributed by atoms with E-state index in [1.165, 1.54) is 16.5 Å². The zero-order valence-electron chi connectivity index (χ0n) is 12.5. The third-order valence-electron chi connectivity index (χ3n) is 3.53. The molecule has 2 nitrogen and oxygen atoms in total. The first-order valence-electron chi connectivity index (χ1n) is 7.43. The molecule has 1 atom stereocenters. The van der Waals surface area contributed by atoms with Gasteiger partial charge in [0, 0.05) is 17.6 Å². The van der Waals surface area contributed by atoms with Gasteiger partial charge in [0.15, 0.2) is 0 Å². The standard InChI is InChI=1S/C18H24N2/c1-4-11-19-17(9-7-14(2)3)16-8-10-18-15(13-16)6-5-12-20-18/h5-6,8,10,12-13,17,19H,2,4,7,9,11H2,1,3H3. The van der Waals surface area contributed by atoms with Gasteiger partial charge < -0.3 is 5.32 Å². The quantitative estimate of drug-likeness (QED) is 0.740. The van der Waals surface area contributed by atoms with E-state index in [2.05, 4.69) is 55.0 Å². The number of rotatable bonds is 7. The van der Waals surface area contributed by atoms with Gasteiger partial charge in [0.25, 0.3) is 0 Å². The number of nitrogens with zero attached hydrogens (tertiary/aromatic N) is 1. The van der Waals surface area contributed by atoms with Crippen LogP contribution in [-0.4, -0.2) is 11.5 Å². The fourth-order valence-electron chi connectivity index (χ4n) is 2.41. The molecule has 2 heteroatoms. The lowest BCUT2D eigenvalue weighted by atomic mass is 9.98. The molecule has 0 amide bonds. The molecule has 2 rings (SSSR count). The Labute approximate surface area is 121 Å². The fourth-order valence-corrected chi connectivity index (χ4v) is 2.41. The van der Waals surface area contributed by atoms with Crippen molar-refractivity contribution >= 4 is 10.9 Å². The van der Waals surface area contributed by atoms with Crippen molar-refractivity contribution in [2.24, 2.45) is 0 Å². The summed E-state index contributed by atoms with van der Waals surface area (Å²) in [6.07, 6.45) is 5.15. The molecule has 0 aliphatic carbocycles. The van der Waals surface area contributed by atoms with Crippen molar-refractivity contribution in [1.29, 1.82) is 0 Å². The first-order valence-corrected chi connectivity index (χ1v) is 7.43. The van der Waals surface area contributed by atoms with E-state index in [1.807, 2.05) is 12.3 Å². The van der Waals surface area contributed by atoms with Crippen LogP contribution in [0.25, 0.3) is 10.9 Å². The predicted octanol–water partition coefficient (Wildman–Crippen LogP) is 4.63. The summed E-state index contributed by atoms with van der Waals surface area (Å²) in [7, 11) is 0. The molecule has 20 heavy (non-hydrogen) atoms. The van der Waals surface area contributed by atoms with E-state index >= 15 is 0 Å².